The molecule has 0 aromatic carbocycles. The monoisotopic (exact) mass is 296 g/mol. The summed E-state index contributed by atoms with van der Waals surface area (Å²) in [5.41, 5.74) is -2.05. The molecule has 1 N–H and O–H groups in total. The Morgan fingerprint density at radius 1 is 1.52 bits per heavy atom. The molecule has 0 aliphatic carbocycles. The molecule has 7 nitrogen and oxygen atoms in total. The molecule has 0 bridgehead atoms. The van der Waals surface area contributed by atoms with Crippen molar-refractivity contribution in [3.8, 4) is 0 Å². The number of H-pyrrole nitrogens is 1. The lowest BCUT2D eigenvalue weighted by atomic mass is 9.86. The maximum absolute atomic E-state index is 12.0. The summed E-state index contributed by atoms with van der Waals surface area (Å²) in [6.07, 6.45) is 1.18. The molecule has 1 fully saturated rings. The summed E-state index contributed by atoms with van der Waals surface area (Å²) in [4.78, 5) is 36.8. The van der Waals surface area contributed by atoms with Gasteiger partial charge in [-0.1, -0.05) is 13.8 Å². The molecule has 1 aliphatic rings. The average Bonchev–Trinajstić information content (AvgIpc) is 2.62. The number of hydrogen-bond acceptors (Lipinski definition) is 5. The van der Waals surface area contributed by atoms with Gasteiger partial charge in [0.2, 0.25) is 0 Å². The molecule has 21 heavy (non-hydrogen) atoms. The van der Waals surface area contributed by atoms with Gasteiger partial charge < -0.3 is 9.47 Å². The lowest BCUT2D eigenvalue weighted by molar-refractivity contribution is -0.171. The van der Waals surface area contributed by atoms with Gasteiger partial charge in [-0.05, 0) is 13.3 Å². The van der Waals surface area contributed by atoms with Gasteiger partial charge in [-0.2, -0.15) is 0 Å². The molecule has 0 amide bonds. The second-order valence-electron chi connectivity index (χ2n) is 5.52. The summed E-state index contributed by atoms with van der Waals surface area (Å²) < 4.78 is 12.6. The number of carbonyl (C=O) groups excluding carboxylic acids is 1. The molecule has 116 valence electrons. The highest BCUT2D eigenvalue weighted by atomic mass is 16.6. The molecule has 1 aliphatic heterocycles. The van der Waals surface area contributed by atoms with E-state index in [4.69, 9.17) is 9.47 Å². The van der Waals surface area contributed by atoms with Crippen LogP contribution in [0.1, 0.15) is 40.3 Å². The molecule has 1 saturated heterocycles. The van der Waals surface area contributed by atoms with Crippen molar-refractivity contribution >= 4 is 5.97 Å². The first-order valence-electron chi connectivity index (χ1n) is 6.96. The summed E-state index contributed by atoms with van der Waals surface area (Å²) in [6.45, 7) is 6.96. The molecule has 4 atom stereocenters. The Balaban J connectivity index is 2.51. The number of ether oxygens (including phenoxy) is 2. The van der Waals surface area contributed by atoms with Gasteiger partial charge in [0.25, 0.3) is 5.56 Å². The van der Waals surface area contributed by atoms with Crippen LogP contribution in [0.3, 0.4) is 0 Å². The smallest absolute Gasteiger partial charge is 0.330 e. The number of esters is 1. The maximum Gasteiger partial charge on any atom is 0.330 e. The molecule has 0 radical (unpaired) electrons. The van der Waals surface area contributed by atoms with Gasteiger partial charge in [-0.25, -0.2) is 4.79 Å². The van der Waals surface area contributed by atoms with Gasteiger partial charge in [0.05, 0.1) is 6.10 Å². The van der Waals surface area contributed by atoms with E-state index in [1.807, 2.05) is 13.8 Å². The maximum atomic E-state index is 12.0. The van der Waals surface area contributed by atoms with E-state index in [2.05, 4.69) is 4.98 Å². The van der Waals surface area contributed by atoms with Crippen molar-refractivity contribution < 1.29 is 14.3 Å². The van der Waals surface area contributed by atoms with Crippen LogP contribution >= 0.6 is 0 Å². The van der Waals surface area contributed by atoms with E-state index in [9.17, 15) is 14.4 Å². The molecule has 0 spiro atoms. The van der Waals surface area contributed by atoms with Crippen molar-refractivity contribution in [1.29, 1.82) is 0 Å². The van der Waals surface area contributed by atoms with Crippen LogP contribution in [0.2, 0.25) is 0 Å². The second-order valence-corrected chi connectivity index (χ2v) is 5.52. The number of nitrogens with zero attached hydrogens (tertiary/aromatic N) is 1. The van der Waals surface area contributed by atoms with E-state index in [0.717, 1.165) is 6.42 Å². The Labute approximate surface area is 121 Å². The molecule has 2 heterocycles. The van der Waals surface area contributed by atoms with Gasteiger partial charge in [0.1, 0.15) is 0 Å². The fourth-order valence-corrected chi connectivity index (χ4v) is 2.87. The number of hydrogen-bond donors (Lipinski definition) is 1. The summed E-state index contributed by atoms with van der Waals surface area (Å²) in [5, 5.41) is 0. The minimum absolute atomic E-state index is 0.0878. The van der Waals surface area contributed by atoms with Gasteiger partial charge in [0.15, 0.2) is 11.8 Å². The van der Waals surface area contributed by atoms with Crippen LogP contribution in [0.25, 0.3) is 0 Å². The lowest BCUT2D eigenvalue weighted by Crippen LogP contribution is -2.46. The molecule has 1 aromatic rings. The number of rotatable bonds is 3. The number of aromatic amines is 1. The molecular weight excluding hydrogens is 276 g/mol. The predicted octanol–water partition coefficient (Wildman–Crippen LogP) is 0.802. The molecular formula is C14H20N2O5. The highest BCUT2D eigenvalue weighted by Gasteiger charge is 2.54. The van der Waals surface area contributed by atoms with Crippen molar-refractivity contribution in [1.82, 2.24) is 9.55 Å². The Hall–Kier alpha value is -1.89. The first-order chi connectivity index (χ1) is 9.79. The second kappa shape index (κ2) is 5.48. The quantitative estimate of drug-likeness (QED) is 0.833. The SMILES string of the molecule is CC[C@H]1O[C@@H](n2ccc(=O)[nH]c2=O)C(C)(OC(C)=O)[C@H]1C. The Kier molecular flexibility index (Phi) is 4.04. The van der Waals surface area contributed by atoms with Crippen LogP contribution < -0.4 is 11.2 Å². The summed E-state index contributed by atoms with van der Waals surface area (Å²) in [6, 6.07) is 1.24. The minimum Gasteiger partial charge on any atom is -0.454 e. The third-order valence-electron chi connectivity index (χ3n) is 4.13. The molecule has 2 rings (SSSR count). The predicted molar refractivity (Wildman–Crippen MR) is 74.9 cm³/mol. The van der Waals surface area contributed by atoms with Crippen molar-refractivity contribution in [2.24, 2.45) is 5.92 Å². The average molecular weight is 296 g/mol. The Morgan fingerprint density at radius 2 is 2.19 bits per heavy atom. The first kappa shape index (κ1) is 15.5. The van der Waals surface area contributed by atoms with Crippen molar-refractivity contribution in [2.45, 2.75) is 52.0 Å². The van der Waals surface area contributed by atoms with E-state index in [0.29, 0.717) is 0 Å². The van der Waals surface area contributed by atoms with Crippen LogP contribution in [0.5, 0.6) is 0 Å². The Morgan fingerprint density at radius 3 is 2.71 bits per heavy atom. The van der Waals surface area contributed by atoms with Gasteiger partial charge in [-0.3, -0.25) is 19.1 Å². The van der Waals surface area contributed by atoms with Crippen LogP contribution in [0, 0.1) is 5.92 Å². The molecule has 0 saturated carbocycles. The molecule has 1 aromatic heterocycles. The summed E-state index contributed by atoms with van der Waals surface area (Å²) >= 11 is 0. The Bertz CT molecular complexity index is 649. The fourth-order valence-electron chi connectivity index (χ4n) is 2.87. The third-order valence-corrected chi connectivity index (χ3v) is 4.13. The largest absolute Gasteiger partial charge is 0.454 e. The van der Waals surface area contributed by atoms with Crippen molar-refractivity contribution in [2.75, 3.05) is 0 Å². The highest BCUT2D eigenvalue weighted by Crippen LogP contribution is 2.45. The van der Waals surface area contributed by atoms with Crippen LogP contribution in [-0.2, 0) is 14.3 Å². The van der Waals surface area contributed by atoms with Crippen LogP contribution in [-0.4, -0.2) is 27.2 Å². The van der Waals surface area contributed by atoms with Crippen molar-refractivity contribution in [3.63, 3.8) is 0 Å². The van der Waals surface area contributed by atoms with Crippen LogP contribution in [0.4, 0.5) is 0 Å². The summed E-state index contributed by atoms with van der Waals surface area (Å²) in [5.74, 6) is -0.526. The normalized spacial score (nSPS) is 32.1. The molecule has 1 unspecified atom stereocenters. The van der Waals surface area contributed by atoms with E-state index < -0.39 is 29.0 Å². The van der Waals surface area contributed by atoms with E-state index >= 15 is 0 Å². The number of carbonyl (C=O) groups is 1. The lowest BCUT2D eigenvalue weighted by Gasteiger charge is -2.33. The molecule has 7 heteroatoms. The first-order valence-corrected chi connectivity index (χ1v) is 6.96. The zero-order chi connectivity index (χ0) is 15.8. The zero-order valence-corrected chi connectivity index (χ0v) is 12.6. The van der Waals surface area contributed by atoms with E-state index in [1.165, 1.54) is 23.8 Å². The standard InChI is InChI=1S/C14H20N2O5/c1-5-10-8(2)14(4,21-9(3)17)12(20-10)16-7-6-11(18)15-13(16)19/h6-8,10,12H,5H2,1-4H3,(H,15,18,19)/t8-,10+,12+,14?/m0/s1. The third kappa shape index (κ3) is 2.65. The van der Waals surface area contributed by atoms with Crippen molar-refractivity contribution in [3.05, 3.63) is 33.1 Å². The van der Waals surface area contributed by atoms with Gasteiger partial charge >= 0.3 is 11.7 Å². The minimum atomic E-state index is -0.978. The summed E-state index contributed by atoms with van der Waals surface area (Å²) in [7, 11) is 0. The van der Waals surface area contributed by atoms with E-state index in [-0.39, 0.29) is 12.0 Å². The number of nitrogens with one attached hydrogen (secondary N) is 1. The van der Waals surface area contributed by atoms with E-state index in [1.54, 1.807) is 6.92 Å². The zero-order valence-electron chi connectivity index (χ0n) is 12.6. The number of aromatic nitrogens is 2. The highest BCUT2D eigenvalue weighted by molar-refractivity contribution is 5.66. The topological polar surface area (TPSA) is 90.4 Å². The van der Waals surface area contributed by atoms with Gasteiger partial charge in [-0.15, -0.1) is 0 Å². The fraction of sp³-hybridized carbons (Fsp3) is 0.643. The van der Waals surface area contributed by atoms with Gasteiger partial charge in [0, 0.05) is 25.1 Å². The van der Waals surface area contributed by atoms with Crippen LogP contribution in [0.15, 0.2) is 21.9 Å².